The molecule has 2 heterocycles. The lowest BCUT2D eigenvalue weighted by atomic mass is 10.1. The molecule has 2 aromatic heterocycles. The van der Waals surface area contributed by atoms with Gasteiger partial charge < -0.3 is 4.57 Å². The highest BCUT2D eigenvalue weighted by atomic mass is 16.1. The van der Waals surface area contributed by atoms with E-state index in [1.165, 1.54) is 0 Å². The molecule has 0 radical (unpaired) electrons. The van der Waals surface area contributed by atoms with Gasteiger partial charge in [-0.15, -0.1) is 0 Å². The number of carbonyl (C=O) groups excluding carboxylic acids is 1. The van der Waals surface area contributed by atoms with Crippen LogP contribution in [-0.2, 0) is 13.6 Å². The average Bonchev–Trinajstić information content (AvgIpc) is 2.99. The molecule has 0 fully saturated rings. The van der Waals surface area contributed by atoms with Crippen molar-refractivity contribution in [2.45, 2.75) is 13.5 Å². The monoisotopic (exact) mass is 254 g/mol. The molecule has 0 unspecified atom stereocenters. The highest BCUT2D eigenvalue weighted by molar-refractivity contribution is 6.08. The van der Waals surface area contributed by atoms with E-state index in [2.05, 4.69) is 10.1 Å². The van der Waals surface area contributed by atoms with Crippen LogP contribution in [0.2, 0.25) is 0 Å². The second kappa shape index (κ2) is 4.35. The molecule has 0 saturated carbocycles. The normalized spacial score (nSPS) is 11.1. The van der Waals surface area contributed by atoms with Crippen molar-refractivity contribution in [1.29, 1.82) is 0 Å². The molecule has 0 N–H and O–H groups in total. The number of hydrogen-bond donors (Lipinski definition) is 0. The Kier molecular flexibility index (Phi) is 2.67. The van der Waals surface area contributed by atoms with Gasteiger partial charge in [0.15, 0.2) is 11.5 Å². The average molecular weight is 254 g/mol. The number of nitrogens with zero attached hydrogens (tertiary/aromatic N) is 4. The minimum absolute atomic E-state index is 0.0568. The summed E-state index contributed by atoms with van der Waals surface area (Å²) in [4.78, 5) is 16.9. The molecule has 3 rings (SSSR count). The SMILES string of the molecule is CCn1c(C(=O)c2ccccc2)nc2c1cnn2C. The van der Waals surface area contributed by atoms with Gasteiger partial charge in [-0.1, -0.05) is 30.3 Å². The van der Waals surface area contributed by atoms with E-state index in [9.17, 15) is 4.79 Å². The first kappa shape index (κ1) is 11.6. The van der Waals surface area contributed by atoms with E-state index in [0.717, 1.165) is 11.2 Å². The molecule has 0 amide bonds. The molecule has 96 valence electrons. The fourth-order valence-corrected chi connectivity index (χ4v) is 2.23. The highest BCUT2D eigenvalue weighted by Gasteiger charge is 2.19. The van der Waals surface area contributed by atoms with Crippen LogP contribution < -0.4 is 0 Å². The largest absolute Gasteiger partial charge is 0.319 e. The predicted octanol–water partition coefficient (Wildman–Crippen LogP) is 2.02. The Balaban J connectivity index is 2.17. The van der Waals surface area contributed by atoms with Crippen molar-refractivity contribution in [1.82, 2.24) is 19.3 Å². The number of rotatable bonds is 3. The summed E-state index contributed by atoms with van der Waals surface area (Å²) in [6, 6.07) is 9.21. The summed E-state index contributed by atoms with van der Waals surface area (Å²) in [6.07, 6.45) is 1.74. The molecule has 0 aliphatic rings. The number of hydrogen-bond acceptors (Lipinski definition) is 3. The highest BCUT2D eigenvalue weighted by Crippen LogP contribution is 2.17. The van der Waals surface area contributed by atoms with Crippen LogP contribution in [0.15, 0.2) is 36.5 Å². The lowest BCUT2D eigenvalue weighted by Gasteiger charge is -2.04. The van der Waals surface area contributed by atoms with E-state index >= 15 is 0 Å². The topological polar surface area (TPSA) is 52.7 Å². The van der Waals surface area contributed by atoms with E-state index in [1.54, 1.807) is 23.0 Å². The van der Waals surface area contributed by atoms with Crippen LogP contribution in [-0.4, -0.2) is 25.1 Å². The van der Waals surface area contributed by atoms with Gasteiger partial charge in [-0.2, -0.15) is 5.10 Å². The maximum Gasteiger partial charge on any atom is 0.228 e. The Labute approximate surface area is 110 Å². The number of fused-ring (bicyclic) bond motifs is 1. The third-order valence-corrected chi connectivity index (χ3v) is 3.20. The number of carbonyl (C=O) groups is 1. The quantitative estimate of drug-likeness (QED) is 0.672. The zero-order valence-electron chi connectivity index (χ0n) is 10.9. The van der Waals surface area contributed by atoms with Crippen molar-refractivity contribution in [2.24, 2.45) is 7.05 Å². The first-order valence-corrected chi connectivity index (χ1v) is 6.20. The van der Waals surface area contributed by atoms with Gasteiger partial charge in [-0.05, 0) is 6.92 Å². The Morgan fingerprint density at radius 3 is 2.68 bits per heavy atom. The summed E-state index contributed by atoms with van der Waals surface area (Å²) < 4.78 is 3.58. The first-order valence-electron chi connectivity index (χ1n) is 6.20. The van der Waals surface area contributed by atoms with Gasteiger partial charge in [0.25, 0.3) is 0 Å². The molecule has 19 heavy (non-hydrogen) atoms. The maximum atomic E-state index is 12.5. The standard InChI is InChI=1S/C14H14N4O/c1-3-18-11-9-15-17(2)13(11)16-14(18)12(19)10-7-5-4-6-8-10/h4-9H,3H2,1-2H3. The van der Waals surface area contributed by atoms with E-state index in [4.69, 9.17) is 0 Å². The van der Waals surface area contributed by atoms with E-state index in [0.29, 0.717) is 17.9 Å². The van der Waals surface area contributed by atoms with E-state index in [1.807, 2.05) is 36.7 Å². The summed E-state index contributed by atoms with van der Waals surface area (Å²) in [5, 5.41) is 4.16. The van der Waals surface area contributed by atoms with Crippen LogP contribution in [0.3, 0.4) is 0 Å². The second-order valence-electron chi connectivity index (χ2n) is 4.35. The van der Waals surface area contributed by atoms with Gasteiger partial charge in [0.05, 0.1) is 6.20 Å². The summed E-state index contributed by atoms with van der Waals surface area (Å²) in [6.45, 7) is 2.69. The van der Waals surface area contributed by atoms with Crippen LogP contribution in [0, 0.1) is 0 Å². The minimum atomic E-state index is -0.0568. The van der Waals surface area contributed by atoms with E-state index in [-0.39, 0.29) is 5.78 Å². The molecule has 5 heteroatoms. The first-order chi connectivity index (χ1) is 9.22. The smallest absolute Gasteiger partial charge is 0.228 e. The fourth-order valence-electron chi connectivity index (χ4n) is 2.23. The van der Waals surface area contributed by atoms with Crippen molar-refractivity contribution in [2.75, 3.05) is 0 Å². The minimum Gasteiger partial charge on any atom is -0.319 e. The van der Waals surface area contributed by atoms with Crippen molar-refractivity contribution < 1.29 is 4.79 Å². The Bertz CT molecular complexity index is 739. The van der Waals surface area contributed by atoms with Gasteiger partial charge in [0, 0.05) is 19.2 Å². The predicted molar refractivity (Wildman–Crippen MR) is 72.0 cm³/mol. The molecule has 0 aliphatic heterocycles. The van der Waals surface area contributed by atoms with Gasteiger partial charge in [0.2, 0.25) is 5.78 Å². The molecule has 5 nitrogen and oxygen atoms in total. The van der Waals surface area contributed by atoms with Crippen LogP contribution in [0.25, 0.3) is 11.2 Å². The number of ketones is 1. The number of aromatic nitrogens is 4. The lowest BCUT2D eigenvalue weighted by molar-refractivity contribution is 0.102. The third-order valence-electron chi connectivity index (χ3n) is 3.20. The van der Waals surface area contributed by atoms with Gasteiger partial charge >= 0.3 is 0 Å². The van der Waals surface area contributed by atoms with Crippen LogP contribution in [0.4, 0.5) is 0 Å². The summed E-state index contributed by atoms with van der Waals surface area (Å²) in [5.74, 6) is 0.412. The van der Waals surface area contributed by atoms with Gasteiger partial charge in [-0.3, -0.25) is 4.79 Å². The molecule has 3 aromatic rings. The molecule has 0 aliphatic carbocycles. The Morgan fingerprint density at radius 1 is 1.26 bits per heavy atom. The molecular formula is C14H14N4O. The van der Waals surface area contributed by atoms with E-state index < -0.39 is 0 Å². The molecule has 0 spiro atoms. The van der Waals surface area contributed by atoms with Gasteiger partial charge in [-0.25, -0.2) is 9.67 Å². The number of benzene rings is 1. The van der Waals surface area contributed by atoms with Crippen molar-refractivity contribution in [3.05, 3.63) is 47.9 Å². The fraction of sp³-hybridized carbons (Fsp3) is 0.214. The van der Waals surface area contributed by atoms with Crippen molar-refractivity contribution >= 4 is 16.9 Å². The van der Waals surface area contributed by atoms with Crippen LogP contribution in [0.5, 0.6) is 0 Å². The Morgan fingerprint density at radius 2 is 2.00 bits per heavy atom. The zero-order chi connectivity index (χ0) is 13.4. The number of aryl methyl sites for hydroxylation is 2. The number of imidazole rings is 1. The molecule has 0 bridgehead atoms. The maximum absolute atomic E-state index is 12.5. The second-order valence-corrected chi connectivity index (χ2v) is 4.35. The van der Waals surface area contributed by atoms with Crippen molar-refractivity contribution in [3.8, 4) is 0 Å². The summed E-state index contributed by atoms with van der Waals surface area (Å²) in [7, 11) is 1.83. The third kappa shape index (κ3) is 1.74. The molecule has 0 saturated heterocycles. The summed E-state index contributed by atoms with van der Waals surface area (Å²) in [5.41, 5.74) is 2.28. The molecular weight excluding hydrogens is 240 g/mol. The molecule has 0 atom stereocenters. The van der Waals surface area contributed by atoms with Crippen LogP contribution >= 0.6 is 0 Å². The van der Waals surface area contributed by atoms with Crippen molar-refractivity contribution in [3.63, 3.8) is 0 Å². The Hall–Kier alpha value is -2.43. The van der Waals surface area contributed by atoms with Gasteiger partial charge in [0.1, 0.15) is 5.52 Å². The van der Waals surface area contributed by atoms with Crippen LogP contribution in [0.1, 0.15) is 23.1 Å². The molecule has 1 aromatic carbocycles. The lowest BCUT2D eigenvalue weighted by Crippen LogP contribution is -2.11. The zero-order valence-corrected chi connectivity index (χ0v) is 10.9. The summed E-state index contributed by atoms with van der Waals surface area (Å²) >= 11 is 0.